The molecule has 2 aromatic carbocycles. The van der Waals surface area contributed by atoms with Gasteiger partial charge in [0, 0.05) is 30.1 Å². The van der Waals surface area contributed by atoms with Crippen LogP contribution in [0.25, 0.3) is 0 Å². The normalized spacial score (nSPS) is 20.5. The van der Waals surface area contributed by atoms with Crippen LogP contribution in [0.5, 0.6) is 17.2 Å². The summed E-state index contributed by atoms with van der Waals surface area (Å²) >= 11 is 1.65. The minimum atomic E-state index is -0.529. The maximum absolute atomic E-state index is 10.5. The van der Waals surface area contributed by atoms with Gasteiger partial charge >= 0.3 is 0 Å². The standard InChI is InChI=1S/C24H29NO5S/c1-31-22-5-3-2-4-20(22)29-15-17(26)14-25-10-8-24(9-11-25)19-6-7-21-23(18(19)16-30-24)28-13-12-27-21/h2-7,17,26H,8-16H2,1H3/t17-/m0/s1. The van der Waals surface area contributed by atoms with Gasteiger partial charge in [0.2, 0.25) is 0 Å². The largest absolute Gasteiger partial charge is 0.490 e. The molecule has 6 nitrogen and oxygen atoms in total. The Balaban J connectivity index is 1.17. The summed E-state index contributed by atoms with van der Waals surface area (Å²) in [6.45, 7) is 4.42. The zero-order valence-corrected chi connectivity index (χ0v) is 18.7. The summed E-state index contributed by atoms with van der Waals surface area (Å²) in [7, 11) is 0. The Morgan fingerprint density at radius 1 is 1.13 bits per heavy atom. The summed E-state index contributed by atoms with van der Waals surface area (Å²) in [5.74, 6) is 2.52. The van der Waals surface area contributed by atoms with E-state index in [2.05, 4.69) is 11.0 Å². The van der Waals surface area contributed by atoms with Gasteiger partial charge in [-0.25, -0.2) is 0 Å². The summed E-state index contributed by atoms with van der Waals surface area (Å²) in [4.78, 5) is 3.39. The van der Waals surface area contributed by atoms with Crippen LogP contribution in [0.2, 0.25) is 0 Å². The molecule has 2 aromatic rings. The average Bonchev–Trinajstić information content (AvgIpc) is 3.18. The van der Waals surface area contributed by atoms with Crippen LogP contribution in [0.4, 0.5) is 0 Å². The minimum Gasteiger partial charge on any atom is -0.490 e. The number of para-hydroxylation sites is 1. The molecule has 5 rings (SSSR count). The minimum absolute atomic E-state index is 0.250. The lowest BCUT2D eigenvalue weighted by atomic mass is 9.83. The molecule has 31 heavy (non-hydrogen) atoms. The number of aliphatic hydroxyl groups is 1. The molecule has 0 amide bonds. The van der Waals surface area contributed by atoms with E-state index in [1.807, 2.05) is 36.6 Å². The molecule has 166 valence electrons. The zero-order valence-electron chi connectivity index (χ0n) is 17.8. The van der Waals surface area contributed by atoms with Gasteiger partial charge in [0.25, 0.3) is 0 Å². The third-order valence-electron chi connectivity index (χ3n) is 6.43. The van der Waals surface area contributed by atoms with Crippen molar-refractivity contribution in [3.8, 4) is 17.2 Å². The molecule has 1 N–H and O–H groups in total. The highest BCUT2D eigenvalue weighted by atomic mass is 32.2. The van der Waals surface area contributed by atoms with Crippen molar-refractivity contribution < 1.29 is 24.1 Å². The van der Waals surface area contributed by atoms with E-state index in [0.717, 1.165) is 53.6 Å². The van der Waals surface area contributed by atoms with E-state index in [4.69, 9.17) is 18.9 Å². The molecule has 1 spiro atoms. The second-order valence-corrected chi connectivity index (χ2v) is 9.16. The first-order valence-corrected chi connectivity index (χ1v) is 12.1. The number of rotatable bonds is 6. The van der Waals surface area contributed by atoms with Gasteiger partial charge in [-0.2, -0.15) is 0 Å². The molecule has 1 atom stereocenters. The number of fused-ring (bicyclic) bond motifs is 4. The van der Waals surface area contributed by atoms with E-state index < -0.39 is 6.10 Å². The van der Waals surface area contributed by atoms with Crippen LogP contribution in [0.3, 0.4) is 0 Å². The van der Waals surface area contributed by atoms with Crippen molar-refractivity contribution in [1.29, 1.82) is 0 Å². The van der Waals surface area contributed by atoms with E-state index in [9.17, 15) is 5.11 Å². The first kappa shape index (κ1) is 20.9. The monoisotopic (exact) mass is 443 g/mol. The third kappa shape index (κ3) is 4.12. The van der Waals surface area contributed by atoms with Crippen LogP contribution in [0, 0.1) is 0 Å². The number of piperidine rings is 1. The van der Waals surface area contributed by atoms with E-state index >= 15 is 0 Å². The predicted octanol–water partition coefficient (Wildman–Crippen LogP) is 3.44. The topological polar surface area (TPSA) is 60.4 Å². The Morgan fingerprint density at radius 3 is 2.77 bits per heavy atom. The first-order chi connectivity index (χ1) is 15.2. The lowest BCUT2D eigenvalue weighted by Gasteiger charge is -2.40. The first-order valence-electron chi connectivity index (χ1n) is 10.9. The van der Waals surface area contributed by atoms with Crippen molar-refractivity contribution in [2.45, 2.75) is 36.0 Å². The van der Waals surface area contributed by atoms with Crippen LogP contribution >= 0.6 is 11.8 Å². The van der Waals surface area contributed by atoms with Crippen LogP contribution in [0.1, 0.15) is 24.0 Å². The molecule has 1 fully saturated rings. The van der Waals surface area contributed by atoms with Crippen molar-refractivity contribution in [2.24, 2.45) is 0 Å². The third-order valence-corrected chi connectivity index (χ3v) is 7.21. The molecule has 0 radical (unpaired) electrons. The van der Waals surface area contributed by atoms with Crippen molar-refractivity contribution in [3.05, 3.63) is 47.5 Å². The fourth-order valence-corrected chi connectivity index (χ4v) is 5.36. The number of benzene rings is 2. The van der Waals surface area contributed by atoms with Gasteiger partial charge in [0.1, 0.15) is 31.7 Å². The van der Waals surface area contributed by atoms with Gasteiger partial charge < -0.3 is 29.0 Å². The highest BCUT2D eigenvalue weighted by Gasteiger charge is 2.44. The fraction of sp³-hybridized carbons (Fsp3) is 0.500. The van der Waals surface area contributed by atoms with E-state index in [-0.39, 0.29) is 5.60 Å². The second kappa shape index (κ2) is 8.90. The van der Waals surface area contributed by atoms with Crippen LogP contribution in [-0.4, -0.2) is 61.8 Å². The Labute approximate surface area is 187 Å². The lowest BCUT2D eigenvalue weighted by molar-refractivity contribution is -0.0837. The molecule has 1 saturated heterocycles. The van der Waals surface area contributed by atoms with Gasteiger partial charge in [-0.15, -0.1) is 11.8 Å². The molecule has 0 aliphatic carbocycles. The Morgan fingerprint density at radius 2 is 1.94 bits per heavy atom. The second-order valence-electron chi connectivity index (χ2n) is 8.32. The smallest absolute Gasteiger partial charge is 0.167 e. The van der Waals surface area contributed by atoms with Gasteiger partial charge in [-0.05, 0) is 42.9 Å². The molecule has 3 aliphatic heterocycles. The van der Waals surface area contributed by atoms with E-state index in [0.29, 0.717) is 33.0 Å². The van der Waals surface area contributed by atoms with Crippen LogP contribution < -0.4 is 14.2 Å². The Hall–Kier alpha value is -1.93. The summed E-state index contributed by atoms with van der Waals surface area (Å²) in [5, 5.41) is 10.5. The maximum atomic E-state index is 10.5. The number of ether oxygens (including phenoxy) is 4. The Kier molecular flexibility index (Phi) is 6.01. The van der Waals surface area contributed by atoms with Crippen molar-refractivity contribution in [1.82, 2.24) is 4.90 Å². The van der Waals surface area contributed by atoms with E-state index in [1.54, 1.807) is 11.8 Å². The van der Waals surface area contributed by atoms with Crippen molar-refractivity contribution in [3.63, 3.8) is 0 Å². The number of nitrogens with zero attached hydrogens (tertiary/aromatic N) is 1. The molecule has 0 unspecified atom stereocenters. The predicted molar refractivity (Wildman–Crippen MR) is 119 cm³/mol. The zero-order chi connectivity index (χ0) is 21.3. The lowest BCUT2D eigenvalue weighted by Crippen LogP contribution is -2.46. The highest BCUT2D eigenvalue weighted by molar-refractivity contribution is 7.98. The molecule has 0 aromatic heterocycles. The summed E-state index contributed by atoms with van der Waals surface area (Å²) < 4.78 is 23.8. The average molecular weight is 444 g/mol. The van der Waals surface area contributed by atoms with Crippen LogP contribution in [0.15, 0.2) is 41.3 Å². The molecule has 3 aliphatic rings. The quantitative estimate of drug-likeness (QED) is 0.687. The van der Waals surface area contributed by atoms with Gasteiger partial charge in [-0.1, -0.05) is 18.2 Å². The number of likely N-dealkylation sites (tertiary alicyclic amines) is 1. The van der Waals surface area contributed by atoms with Gasteiger partial charge in [0.05, 0.1) is 12.2 Å². The molecular formula is C24H29NO5S. The van der Waals surface area contributed by atoms with E-state index in [1.165, 1.54) is 5.56 Å². The Bertz CT molecular complexity index is 928. The maximum Gasteiger partial charge on any atom is 0.167 e. The number of thioether (sulfide) groups is 1. The fourth-order valence-electron chi connectivity index (χ4n) is 4.82. The molecule has 7 heteroatoms. The molecule has 0 saturated carbocycles. The van der Waals surface area contributed by atoms with Gasteiger partial charge in [0.15, 0.2) is 11.5 Å². The summed E-state index contributed by atoms with van der Waals surface area (Å²) in [5.41, 5.74) is 2.14. The highest BCUT2D eigenvalue weighted by Crippen LogP contribution is 2.50. The number of hydrogen-bond donors (Lipinski definition) is 1. The summed E-state index contributed by atoms with van der Waals surface area (Å²) in [6, 6.07) is 12.1. The van der Waals surface area contributed by atoms with Crippen LogP contribution in [-0.2, 0) is 16.9 Å². The molecule has 0 bridgehead atoms. The number of β-amino-alcohol motifs (C(OH)–C–C–N with tert-alkyl or cyclic N) is 1. The number of aliphatic hydroxyl groups excluding tert-OH is 1. The molecule has 3 heterocycles. The van der Waals surface area contributed by atoms with Gasteiger partial charge in [-0.3, -0.25) is 0 Å². The van der Waals surface area contributed by atoms with Crippen molar-refractivity contribution in [2.75, 3.05) is 45.7 Å². The molecular weight excluding hydrogens is 414 g/mol. The SMILES string of the molecule is CSc1ccccc1OC[C@@H](O)CN1CCC2(CC1)OCc1c2ccc2c1OCCO2. The number of hydrogen-bond acceptors (Lipinski definition) is 7. The summed E-state index contributed by atoms with van der Waals surface area (Å²) in [6.07, 6.45) is 3.31. The van der Waals surface area contributed by atoms with Crippen molar-refractivity contribution >= 4 is 11.8 Å².